The number of benzene rings is 1. The van der Waals surface area contributed by atoms with E-state index in [0.29, 0.717) is 12.3 Å². The van der Waals surface area contributed by atoms with Crippen molar-refractivity contribution in [1.82, 2.24) is 5.32 Å². The number of hydrogen-bond acceptors (Lipinski definition) is 2. The van der Waals surface area contributed by atoms with Gasteiger partial charge in [-0.2, -0.15) is 0 Å². The summed E-state index contributed by atoms with van der Waals surface area (Å²) in [7, 11) is 0. The lowest BCUT2D eigenvalue weighted by atomic mass is 10.1. The van der Waals surface area contributed by atoms with Gasteiger partial charge in [-0.25, -0.2) is 0 Å². The Kier molecular flexibility index (Phi) is 4.18. The van der Waals surface area contributed by atoms with Crippen molar-refractivity contribution in [3.05, 3.63) is 59.5 Å². The molecule has 18 heavy (non-hydrogen) atoms. The summed E-state index contributed by atoms with van der Waals surface area (Å²) in [6.07, 6.45) is 1.90. The number of furan rings is 1. The van der Waals surface area contributed by atoms with Crippen molar-refractivity contribution in [2.45, 2.75) is 19.8 Å². The Morgan fingerprint density at radius 1 is 1.17 bits per heavy atom. The molecular formula is C15H17NO2. The Morgan fingerprint density at radius 3 is 2.61 bits per heavy atom. The highest BCUT2D eigenvalue weighted by atomic mass is 16.3. The molecule has 94 valence electrons. The fourth-order valence-electron chi connectivity index (χ4n) is 1.78. The van der Waals surface area contributed by atoms with Crippen LogP contribution in [0.3, 0.4) is 0 Å². The molecule has 0 saturated heterocycles. The minimum Gasteiger partial charge on any atom is -0.456 e. The number of hydrogen-bond donors (Lipinski definition) is 1. The molecule has 2 rings (SSSR count). The molecule has 0 bridgehead atoms. The normalized spacial score (nSPS) is 10.3. The summed E-state index contributed by atoms with van der Waals surface area (Å²) < 4.78 is 5.25. The second kappa shape index (κ2) is 6.05. The maximum absolute atomic E-state index is 11.7. The zero-order chi connectivity index (χ0) is 12.8. The van der Waals surface area contributed by atoms with E-state index in [1.54, 1.807) is 12.1 Å². The van der Waals surface area contributed by atoms with E-state index in [2.05, 4.69) is 17.4 Å². The first-order chi connectivity index (χ1) is 8.75. The molecule has 3 heteroatoms. The van der Waals surface area contributed by atoms with Crippen molar-refractivity contribution in [2.75, 3.05) is 6.54 Å². The van der Waals surface area contributed by atoms with Crippen LogP contribution in [0.1, 0.15) is 28.3 Å². The molecule has 1 aromatic heterocycles. The van der Waals surface area contributed by atoms with E-state index in [0.717, 1.165) is 18.6 Å². The third-order valence-corrected chi connectivity index (χ3v) is 2.73. The van der Waals surface area contributed by atoms with E-state index in [4.69, 9.17) is 4.42 Å². The molecule has 1 amide bonds. The van der Waals surface area contributed by atoms with Gasteiger partial charge in [0.1, 0.15) is 5.76 Å². The fraction of sp³-hybridized carbons (Fsp3) is 0.267. The zero-order valence-electron chi connectivity index (χ0n) is 10.5. The van der Waals surface area contributed by atoms with Gasteiger partial charge in [0, 0.05) is 6.54 Å². The lowest BCUT2D eigenvalue weighted by Gasteiger charge is -2.03. The molecule has 2 aromatic rings. The van der Waals surface area contributed by atoms with Crippen molar-refractivity contribution in [3.8, 4) is 0 Å². The first-order valence-corrected chi connectivity index (χ1v) is 6.14. The molecule has 0 aliphatic carbocycles. The smallest absolute Gasteiger partial charge is 0.286 e. The van der Waals surface area contributed by atoms with Crippen LogP contribution in [0.5, 0.6) is 0 Å². The van der Waals surface area contributed by atoms with Gasteiger partial charge in [0.25, 0.3) is 5.91 Å². The first-order valence-electron chi connectivity index (χ1n) is 6.14. The number of rotatable bonds is 5. The van der Waals surface area contributed by atoms with Gasteiger partial charge >= 0.3 is 0 Å². The van der Waals surface area contributed by atoms with Gasteiger partial charge in [0.15, 0.2) is 5.76 Å². The Balaban J connectivity index is 1.71. The Bertz CT molecular complexity index is 502. The average Bonchev–Trinajstić information content (AvgIpc) is 2.82. The summed E-state index contributed by atoms with van der Waals surface area (Å²) in [5.74, 6) is 0.993. The molecule has 0 unspecified atom stereocenters. The highest BCUT2D eigenvalue weighted by Gasteiger charge is 2.08. The first kappa shape index (κ1) is 12.4. The van der Waals surface area contributed by atoms with E-state index < -0.39 is 0 Å². The van der Waals surface area contributed by atoms with E-state index in [-0.39, 0.29) is 5.91 Å². The van der Waals surface area contributed by atoms with Crippen molar-refractivity contribution in [3.63, 3.8) is 0 Å². The Morgan fingerprint density at radius 2 is 1.94 bits per heavy atom. The van der Waals surface area contributed by atoms with Crippen LogP contribution in [0.2, 0.25) is 0 Å². The minimum absolute atomic E-state index is 0.142. The lowest BCUT2D eigenvalue weighted by Crippen LogP contribution is -2.24. The van der Waals surface area contributed by atoms with Crippen LogP contribution in [0.25, 0.3) is 0 Å². The molecule has 0 saturated carbocycles. The zero-order valence-corrected chi connectivity index (χ0v) is 10.5. The second-order valence-corrected chi connectivity index (χ2v) is 4.26. The van der Waals surface area contributed by atoms with Crippen molar-refractivity contribution >= 4 is 5.91 Å². The van der Waals surface area contributed by atoms with E-state index in [9.17, 15) is 4.79 Å². The number of amides is 1. The quantitative estimate of drug-likeness (QED) is 0.820. The maximum atomic E-state index is 11.7. The number of nitrogens with one attached hydrogen (secondary N) is 1. The van der Waals surface area contributed by atoms with Crippen LogP contribution in [0.4, 0.5) is 0 Å². The highest BCUT2D eigenvalue weighted by molar-refractivity contribution is 5.91. The van der Waals surface area contributed by atoms with Gasteiger partial charge in [-0.3, -0.25) is 4.79 Å². The molecule has 0 aliphatic rings. The van der Waals surface area contributed by atoms with Gasteiger partial charge in [-0.05, 0) is 37.5 Å². The molecule has 0 aliphatic heterocycles. The Labute approximate surface area is 107 Å². The third kappa shape index (κ3) is 3.48. The van der Waals surface area contributed by atoms with E-state index >= 15 is 0 Å². The van der Waals surface area contributed by atoms with Gasteiger partial charge < -0.3 is 9.73 Å². The van der Waals surface area contributed by atoms with Crippen LogP contribution >= 0.6 is 0 Å². The largest absolute Gasteiger partial charge is 0.456 e. The summed E-state index contributed by atoms with van der Waals surface area (Å²) in [5, 5.41) is 2.85. The molecule has 0 radical (unpaired) electrons. The van der Waals surface area contributed by atoms with Crippen molar-refractivity contribution in [2.24, 2.45) is 0 Å². The summed E-state index contributed by atoms with van der Waals surface area (Å²) in [6.45, 7) is 2.49. The molecule has 1 heterocycles. The van der Waals surface area contributed by atoms with Crippen LogP contribution < -0.4 is 5.32 Å². The highest BCUT2D eigenvalue weighted by Crippen LogP contribution is 2.06. The molecule has 3 nitrogen and oxygen atoms in total. The molecule has 1 N–H and O–H groups in total. The lowest BCUT2D eigenvalue weighted by molar-refractivity contribution is 0.0924. The van der Waals surface area contributed by atoms with Crippen LogP contribution in [0.15, 0.2) is 46.9 Å². The molecule has 1 aromatic carbocycles. The van der Waals surface area contributed by atoms with Gasteiger partial charge in [-0.15, -0.1) is 0 Å². The number of aryl methyl sites for hydroxylation is 2. The van der Waals surface area contributed by atoms with Gasteiger partial charge in [0.05, 0.1) is 0 Å². The molecule has 0 fully saturated rings. The SMILES string of the molecule is Cc1ccc(C(=O)NCCCc2ccccc2)o1. The van der Waals surface area contributed by atoms with Crippen LogP contribution in [-0.2, 0) is 6.42 Å². The monoisotopic (exact) mass is 243 g/mol. The standard InChI is InChI=1S/C15H17NO2/c1-12-9-10-14(18-12)15(17)16-11-5-8-13-6-3-2-4-7-13/h2-4,6-7,9-10H,5,8,11H2,1H3,(H,16,17). The van der Waals surface area contributed by atoms with E-state index in [1.807, 2.05) is 25.1 Å². The molecule has 0 spiro atoms. The maximum Gasteiger partial charge on any atom is 0.286 e. The topological polar surface area (TPSA) is 42.2 Å². The average molecular weight is 243 g/mol. The third-order valence-electron chi connectivity index (χ3n) is 2.73. The van der Waals surface area contributed by atoms with Gasteiger partial charge in [-0.1, -0.05) is 30.3 Å². The van der Waals surface area contributed by atoms with Crippen LogP contribution in [-0.4, -0.2) is 12.5 Å². The summed E-state index contributed by atoms with van der Waals surface area (Å²) in [4.78, 5) is 11.7. The predicted octanol–water partition coefficient (Wildman–Crippen LogP) is 2.95. The summed E-state index contributed by atoms with van der Waals surface area (Å²) in [5.41, 5.74) is 1.29. The summed E-state index contributed by atoms with van der Waals surface area (Å²) in [6, 6.07) is 13.7. The second-order valence-electron chi connectivity index (χ2n) is 4.26. The molecular weight excluding hydrogens is 226 g/mol. The Hall–Kier alpha value is -2.03. The summed E-state index contributed by atoms with van der Waals surface area (Å²) >= 11 is 0. The molecule has 0 atom stereocenters. The van der Waals surface area contributed by atoms with E-state index in [1.165, 1.54) is 5.56 Å². The van der Waals surface area contributed by atoms with Crippen molar-refractivity contribution < 1.29 is 9.21 Å². The van der Waals surface area contributed by atoms with Crippen molar-refractivity contribution in [1.29, 1.82) is 0 Å². The van der Waals surface area contributed by atoms with Crippen LogP contribution in [0, 0.1) is 6.92 Å². The number of carbonyl (C=O) groups is 1. The van der Waals surface area contributed by atoms with Gasteiger partial charge in [0.2, 0.25) is 0 Å². The number of carbonyl (C=O) groups excluding carboxylic acids is 1. The predicted molar refractivity (Wildman–Crippen MR) is 70.5 cm³/mol. The minimum atomic E-state index is -0.142. The fourth-order valence-corrected chi connectivity index (χ4v) is 1.78.